The summed E-state index contributed by atoms with van der Waals surface area (Å²) < 4.78 is 0.201. The molecular formula is C11H16N2OS2. The number of nitrogens with one attached hydrogen (secondary N) is 1. The monoisotopic (exact) mass is 256 g/mol. The lowest BCUT2D eigenvalue weighted by Gasteiger charge is -2.16. The average Bonchev–Trinajstić information content (AvgIpc) is 2.62. The van der Waals surface area contributed by atoms with E-state index >= 15 is 0 Å². The molecule has 0 saturated heterocycles. The van der Waals surface area contributed by atoms with Gasteiger partial charge >= 0.3 is 0 Å². The number of H-pyrrole nitrogens is 1. The van der Waals surface area contributed by atoms with Crippen molar-refractivity contribution in [2.75, 3.05) is 0 Å². The smallest absolute Gasteiger partial charge is 0.255 e. The first-order valence-corrected chi connectivity index (χ1v) is 7.42. The number of rotatable bonds is 2. The summed E-state index contributed by atoms with van der Waals surface area (Å²) in [6.45, 7) is 6.50. The number of thioether (sulfide) groups is 2. The number of hydrogen-bond acceptors (Lipinski definition) is 4. The molecule has 0 fully saturated rings. The Kier molecular flexibility index (Phi) is 3.35. The molecule has 0 amide bonds. The van der Waals surface area contributed by atoms with Gasteiger partial charge in [0.15, 0.2) is 0 Å². The van der Waals surface area contributed by atoms with Gasteiger partial charge in [-0.05, 0) is 0 Å². The van der Waals surface area contributed by atoms with Crippen molar-refractivity contribution < 1.29 is 0 Å². The quantitative estimate of drug-likeness (QED) is 0.883. The van der Waals surface area contributed by atoms with Gasteiger partial charge in [-0.2, -0.15) is 11.8 Å². The minimum atomic E-state index is 0.0551. The third-order valence-corrected chi connectivity index (χ3v) is 4.53. The van der Waals surface area contributed by atoms with Crippen LogP contribution in [-0.2, 0) is 17.3 Å². The molecule has 1 aromatic rings. The minimum Gasteiger partial charge on any atom is -0.310 e. The Morgan fingerprint density at radius 2 is 2.19 bits per heavy atom. The fraction of sp³-hybridized carbons (Fsp3) is 0.636. The molecule has 16 heavy (non-hydrogen) atoms. The van der Waals surface area contributed by atoms with Crippen LogP contribution in [0.1, 0.15) is 37.9 Å². The van der Waals surface area contributed by atoms with E-state index in [1.54, 1.807) is 23.5 Å². The van der Waals surface area contributed by atoms with Crippen LogP contribution >= 0.6 is 23.5 Å². The van der Waals surface area contributed by atoms with Crippen LogP contribution in [0.3, 0.4) is 0 Å². The van der Waals surface area contributed by atoms with Crippen LogP contribution in [-0.4, -0.2) is 14.7 Å². The van der Waals surface area contributed by atoms with Crippen molar-refractivity contribution >= 4 is 23.5 Å². The molecule has 3 nitrogen and oxygen atoms in total. The molecule has 0 aromatic carbocycles. The van der Waals surface area contributed by atoms with Crippen LogP contribution in [0.2, 0.25) is 0 Å². The zero-order chi connectivity index (χ0) is 11.8. The van der Waals surface area contributed by atoms with E-state index in [4.69, 9.17) is 0 Å². The van der Waals surface area contributed by atoms with Crippen molar-refractivity contribution in [2.24, 2.45) is 0 Å². The first-order valence-electron chi connectivity index (χ1n) is 5.28. The molecule has 0 saturated carbocycles. The second-order valence-corrected chi connectivity index (χ2v) is 7.62. The van der Waals surface area contributed by atoms with Crippen LogP contribution in [0.4, 0.5) is 0 Å². The van der Waals surface area contributed by atoms with Gasteiger partial charge in [0, 0.05) is 21.8 Å². The van der Waals surface area contributed by atoms with Gasteiger partial charge in [0.05, 0.1) is 11.4 Å². The molecule has 1 aliphatic rings. The Balaban J connectivity index is 2.18. The highest BCUT2D eigenvalue weighted by Gasteiger charge is 2.18. The summed E-state index contributed by atoms with van der Waals surface area (Å²) in [5, 5.41) is 0. The zero-order valence-electron chi connectivity index (χ0n) is 9.79. The van der Waals surface area contributed by atoms with Crippen molar-refractivity contribution in [3.05, 3.63) is 27.4 Å². The van der Waals surface area contributed by atoms with Gasteiger partial charge in [-0.1, -0.05) is 20.8 Å². The lowest BCUT2D eigenvalue weighted by Crippen LogP contribution is -2.17. The number of hydrogen-bond donors (Lipinski definition) is 1. The highest BCUT2D eigenvalue weighted by atomic mass is 32.2. The van der Waals surface area contributed by atoms with E-state index in [1.165, 1.54) is 0 Å². The highest BCUT2D eigenvalue weighted by Crippen LogP contribution is 2.28. The van der Waals surface area contributed by atoms with Crippen LogP contribution in [0.5, 0.6) is 0 Å². The summed E-state index contributed by atoms with van der Waals surface area (Å²) in [4.78, 5) is 19.1. The highest BCUT2D eigenvalue weighted by molar-refractivity contribution is 7.99. The molecule has 0 unspecified atom stereocenters. The first kappa shape index (κ1) is 12.0. The van der Waals surface area contributed by atoms with Gasteiger partial charge in [0.1, 0.15) is 5.82 Å². The van der Waals surface area contributed by atoms with Gasteiger partial charge in [0.25, 0.3) is 5.56 Å². The largest absolute Gasteiger partial charge is 0.310 e. The van der Waals surface area contributed by atoms with Crippen molar-refractivity contribution in [2.45, 2.75) is 42.8 Å². The van der Waals surface area contributed by atoms with E-state index in [0.717, 1.165) is 34.3 Å². The number of aromatic amines is 1. The van der Waals surface area contributed by atoms with Gasteiger partial charge in [0.2, 0.25) is 0 Å². The number of fused-ring (bicyclic) bond motifs is 1. The molecule has 1 aromatic heterocycles. The molecule has 0 atom stereocenters. The fourth-order valence-electron chi connectivity index (χ4n) is 1.47. The Labute approximate surface area is 104 Å². The van der Waals surface area contributed by atoms with E-state index in [9.17, 15) is 4.79 Å². The van der Waals surface area contributed by atoms with Gasteiger partial charge in [-0.15, -0.1) is 11.8 Å². The normalized spacial score (nSPS) is 15.2. The summed E-state index contributed by atoms with van der Waals surface area (Å²) in [5.74, 6) is 3.28. The summed E-state index contributed by atoms with van der Waals surface area (Å²) in [6.07, 6.45) is 0. The Morgan fingerprint density at radius 3 is 2.88 bits per heavy atom. The standard InChI is InChI=1S/C11H16N2OS2/c1-11(2,3)16-6-9-12-8-5-15-4-7(8)10(14)13-9/h4-6H2,1-3H3,(H,12,13,14). The summed E-state index contributed by atoms with van der Waals surface area (Å²) in [7, 11) is 0. The lowest BCUT2D eigenvalue weighted by atomic mass is 10.3. The van der Waals surface area contributed by atoms with E-state index in [2.05, 4.69) is 30.7 Å². The van der Waals surface area contributed by atoms with Crippen LogP contribution in [0, 0.1) is 0 Å². The molecule has 0 spiro atoms. The zero-order valence-corrected chi connectivity index (χ0v) is 11.4. The van der Waals surface area contributed by atoms with Gasteiger partial charge in [-0.25, -0.2) is 4.98 Å². The second-order valence-electron chi connectivity index (χ2n) is 4.83. The Bertz CT molecular complexity index is 448. The topological polar surface area (TPSA) is 45.8 Å². The van der Waals surface area contributed by atoms with Crippen molar-refractivity contribution in [3.63, 3.8) is 0 Å². The third kappa shape index (κ3) is 2.83. The average molecular weight is 256 g/mol. The van der Waals surface area contributed by atoms with Crippen molar-refractivity contribution in [1.82, 2.24) is 9.97 Å². The molecule has 2 rings (SSSR count). The predicted molar refractivity (Wildman–Crippen MR) is 70.9 cm³/mol. The molecule has 5 heteroatoms. The van der Waals surface area contributed by atoms with E-state index < -0.39 is 0 Å². The third-order valence-electron chi connectivity index (χ3n) is 2.28. The Hall–Kier alpha value is -0.420. The van der Waals surface area contributed by atoms with Crippen molar-refractivity contribution in [3.8, 4) is 0 Å². The van der Waals surface area contributed by atoms with Crippen LogP contribution < -0.4 is 5.56 Å². The summed E-state index contributed by atoms with van der Waals surface area (Å²) >= 11 is 3.56. The predicted octanol–water partition coefficient (Wildman–Crippen LogP) is 2.55. The fourth-order valence-corrected chi connectivity index (χ4v) is 3.21. The second kappa shape index (κ2) is 4.45. The maximum absolute atomic E-state index is 11.7. The molecule has 0 bridgehead atoms. The summed E-state index contributed by atoms with van der Waals surface area (Å²) in [5.41, 5.74) is 1.91. The SMILES string of the molecule is CC(C)(C)SCc1nc2c(c(=O)[nH]1)CSC2. The Morgan fingerprint density at radius 1 is 1.44 bits per heavy atom. The van der Waals surface area contributed by atoms with Gasteiger partial charge in [-0.3, -0.25) is 4.79 Å². The molecule has 0 radical (unpaired) electrons. The number of nitrogens with zero attached hydrogens (tertiary/aromatic N) is 1. The maximum Gasteiger partial charge on any atom is 0.255 e. The molecule has 88 valence electrons. The maximum atomic E-state index is 11.7. The van der Waals surface area contributed by atoms with E-state index in [1.807, 2.05) is 0 Å². The van der Waals surface area contributed by atoms with Crippen LogP contribution in [0.25, 0.3) is 0 Å². The number of aromatic nitrogens is 2. The minimum absolute atomic E-state index is 0.0551. The van der Waals surface area contributed by atoms with Crippen LogP contribution in [0.15, 0.2) is 4.79 Å². The lowest BCUT2D eigenvalue weighted by molar-refractivity contribution is 0.798. The first-order chi connectivity index (χ1) is 7.46. The summed E-state index contributed by atoms with van der Waals surface area (Å²) in [6, 6.07) is 0. The van der Waals surface area contributed by atoms with E-state index in [0.29, 0.717) is 0 Å². The molecular weight excluding hydrogens is 240 g/mol. The molecule has 1 N–H and O–H groups in total. The molecule has 2 heterocycles. The van der Waals surface area contributed by atoms with Gasteiger partial charge < -0.3 is 4.98 Å². The molecule has 0 aliphatic carbocycles. The van der Waals surface area contributed by atoms with Crippen molar-refractivity contribution in [1.29, 1.82) is 0 Å². The molecule has 1 aliphatic heterocycles. The van der Waals surface area contributed by atoms with E-state index in [-0.39, 0.29) is 10.3 Å².